The summed E-state index contributed by atoms with van der Waals surface area (Å²) in [5.41, 5.74) is 0. The molecule has 2 aromatic rings. The van der Waals surface area contributed by atoms with Crippen molar-refractivity contribution < 1.29 is 14.6 Å². The van der Waals surface area contributed by atoms with Crippen molar-refractivity contribution in [3.05, 3.63) is 59.6 Å². The summed E-state index contributed by atoms with van der Waals surface area (Å²) < 4.78 is 11.6. The van der Waals surface area contributed by atoms with Crippen molar-refractivity contribution in [1.29, 1.82) is 0 Å². The molecule has 1 fully saturated rings. The quantitative estimate of drug-likeness (QED) is 0.739. The third-order valence-electron chi connectivity index (χ3n) is 4.42. The lowest BCUT2D eigenvalue weighted by molar-refractivity contribution is -0.0158. The molecule has 2 N–H and O–H groups in total. The lowest BCUT2D eigenvalue weighted by atomic mass is 9.90. The first-order valence-corrected chi connectivity index (χ1v) is 9.12. The summed E-state index contributed by atoms with van der Waals surface area (Å²) in [6.07, 6.45) is 2.06. The molecule has 0 heterocycles. The fraction of sp³-hybridized carbons (Fsp3) is 0.400. The number of aliphatic hydroxyl groups excluding tert-OH is 1. The van der Waals surface area contributed by atoms with E-state index in [2.05, 4.69) is 5.32 Å². The Morgan fingerprint density at radius 2 is 1.76 bits per heavy atom. The highest BCUT2D eigenvalue weighted by molar-refractivity contribution is 6.30. The maximum atomic E-state index is 10.6. The highest BCUT2D eigenvalue weighted by Crippen LogP contribution is 2.25. The van der Waals surface area contributed by atoms with E-state index in [9.17, 15) is 5.11 Å². The Bertz CT molecular complexity index is 635. The normalized spacial score (nSPS) is 23.2. The zero-order valence-electron chi connectivity index (χ0n) is 14.1. The molecular weight excluding hydrogens is 338 g/mol. The average Bonchev–Trinajstić information content (AvgIpc) is 2.64. The molecule has 3 rings (SSSR count). The predicted octanol–water partition coefficient (Wildman–Crippen LogP) is 3.67. The molecule has 0 radical (unpaired) electrons. The summed E-state index contributed by atoms with van der Waals surface area (Å²) in [4.78, 5) is 0. The second kappa shape index (κ2) is 9.09. The van der Waals surface area contributed by atoms with Crippen molar-refractivity contribution in [3.8, 4) is 11.5 Å². The van der Waals surface area contributed by atoms with Crippen LogP contribution in [0.4, 0.5) is 0 Å². The van der Waals surface area contributed by atoms with Gasteiger partial charge in [-0.2, -0.15) is 0 Å². The van der Waals surface area contributed by atoms with Crippen LogP contribution < -0.4 is 14.8 Å². The molecule has 134 valence electrons. The molecule has 0 spiro atoms. The molecule has 3 atom stereocenters. The Labute approximate surface area is 153 Å². The second-order valence-corrected chi connectivity index (χ2v) is 6.69. The minimum Gasteiger partial charge on any atom is -0.492 e. The zero-order valence-corrected chi connectivity index (χ0v) is 14.9. The average molecular weight is 362 g/mol. The Morgan fingerprint density at radius 3 is 2.52 bits per heavy atom. The van der Waals surface area contributed by atoms with Crippen molar-refractivity contribution in [2.75, 3.05) is 13.2 Å². The molecule has 0 bridgehead atoms. The van der Waals surface area contributed by atoms with E-state index in [0.717, 1.165) is 30.8 Å². The topological polar surface area (TPSA) is 50.7 Å². The van der Waals surface area contributed by atoms with Crippen LogP contribution in [0.3, 0.4) is 0 Å². The first-order valence-electron chi connectivity index (χ1n) is 8.74. The Balaban J connectivity index is 1.44. The highest BCUT2D eigenvalue weighted by Gasteiger charge is 2.32. The number of hydrogen-bond donors (Lipinski definition) is 2. The van der Waals surface area contributed by atoms with Gasteiger partial charge in [-0.25, -0.2) is 0 Å². The van der Waals surface area contributed by atoms with Gasteiger partial charge in [-0.3, -0.25) is 0 Å². The summed E-state index contributed by atoms with van der Waals surface area (Å²) in [5.74, 6) is 1.60. The van der Waals surface area contributed by atoms with Crippen LogP contribution >= 0.6 is 11.6 Å². The molecule has 2 aromatic carbocycles. The molecule has 1 saturated carbocycles. The van der Waals surface area contributed by atoms with Gasteiger partial charge in [-0.15, -0.1) is 0 Å². The molecule has 0 saturated heterocycles. The van der Waals surface area contributed by atoms with Crippen LogP contribution in [0.15, 0.2) is 54.6 Å². The summed E-state index contributed by atoms with van der Waals surface area (Å²) >= 11 is 5.89. The fourth-order valence-corrected chi connectivity index (χ4v) is 3.23. The highest BCUT2D eigenvalue weighted by atomic mass is 35.5. The molecule has 0 unspecified atom stereocenters. The van der Waals surface area contributed by atoms with Crippen molar-refractivity contribution in [2.24, 2.45) is 0 Å². The molecule has 0 amide bonds. The standard InChI is InChI=1S/C20H24ClNO3/c21-15-9-11-17(12-10-15)25-19-8-4-7-18(20(19)23)22-13-14-24-16-5-2-1-3-6-16/h1-3,5-6,9-12,18-20,22-23H,4,7-8,13-14H2/t18-,19+,20+/m0/s1. The number of nitrogens with one attached hydrogen (secondary N) is 1. The van der Waals surface area contributed by atoms with Crippen molar-refractivity contribution >= 4 is 11.6 Å². The van der Waals surface area contributed by atoms with Gasteiger partial charge in [0.1, 0.15) is 30.3 Å². The van der Waals surface area contributed by atoms with Gasteiger partial charge in [0.2, 0.25) is 0 Å². The lowest BCUT2D eigenvalue weighted by Gasteiger charge is -2.35. The van der Waals surface area contributed by atoms with Gasteiger partial charge in [-0.1, -0.05) is 29.8 Å². The Kier molecular flexibility index (Phi) is 6.56. The van der Waals surface area contributed by atoms with Crippen LogP contribution in [0.25, 0.3) is 0 Å². The molecule has 0 aromatic heterocycles. The Hall–Kier alpha value is -1.75. The number of benzene rings is 2. The molecule has 4 nitrogen and oxygen atoms in total. The first-order chi connectivity index (χ1) is 12.2. The zero-order chi connectivity index (χ0) is 17.5. The van der Waals surface area contributed by atoms with E-state index >= 15 is 0 Å². The van der Waals surface area contributed by atoms with Gasteiger partial charge in [-0.05, 0) is 55.7 Å². The van der Waals surface area contributed by atoms with Crippen LogP contribution in [-0.2, 0) is 0 Å². The van der Waals surface area contributed by atoms with Crippen LogP contribution in [0.2, 0.25) is 5.02 Å². The fourth-order valence-electron chi connectivity index (χ4n) is 3.11. The Morgan fingerprint density at radius 1 is 1.00 bits per heavy atom. The molecule has 25 heavy (non-hydrogen) atoms. The van der Waals surface area contributed by atoms with Gasteiger partial charge >= 0.3 is 0 Å². The summed E-state index contributed by atoms with van der Waals surface area (Å²) in [5, 5.41) is 14.7. The van der Waals surface area contributed by atoms with Gasteiger partial charge < -0.3 is 19.9 Å². The van der Waals surface area contributed by atoms with E-state index in [1.54, 1.807) is 12.1 Å². The summed E-state index contributed by atoms with van der Waals surface area (Å²) in [6, 6.07) is 17.0. The molecule has 1 aliphatic rings. The maximum absolute atomic E-state index is 10.6. The predicted molar refractivity (Wildman–Crippen MR) is 99.5 cm³/mol. The third-order valence-corrected chi connectivity index (χ3v) is 4.67. The van der Waals surface area contributed by atoms with Gasteiger partial charge in [0.15, 0.2) is 0 Å². The van der Waals surface area contributed by atoms with E-state index in [4.69, 9.17) is 21.1 Å². The maximum Gasteiger partial charge on any atom is 0.126 e. The van der Waals surface area contributed by atoms with Crippen molar-refractivity contribution in [1.82, 2.24) is 5.32 Å². The summed E-state index contributed by atoms with van der Waals surface area (Å²) in [7, 11) is 0. The molecule has 5 heteroatoms. The second-order valence-electron chi connectivity index (χ2n) is 6.25. The number of ether oxygens (including phenoxy) is 2. The molecular formula is C20H24ClNO3. The van der Waals surface area contributed by atoms with Crippen LogP contribution in [0.1, 0.15) is 19.3 Å². The van der Waals surface area contributed by atoms with E-state index in [1.165, 1.54) is 0 Å². The van der Waals surface area contributed by atoms with Gasteiger partial charge in [0.25, 0.3) is 0 Å². The number of aliphatic hydroxyl groups is 1. The van der Waals surface area contributed by atoms with E-state index < -0.39 is 6.10 Å². The monoisotopic (exact) mass is 361 g/mol. The van der Waals surface area contributed by atoms with Crippen LogP contribution in [-0.4, -0.2) is 36.5 Å². The van der Waals surface area contributed by atoms with Crippen molar-refractivity contribution in [3.63, 3.8) is 0 Å². The first kappa shape index (κ1) is 18.1. The number of para-hydroxylation sites is 1. The SMILES string of the molecule is O[C@@H]1[C@@H](NCCOc2ccccc2)CCC[C@H]1Oc1ccc(Cl)cc1. The van der Waals surface area contributed by atoms with E-state index in [-0.39, 0.29) is 12.1 Å². The minimum atomic E-state index is -0.541. The van der Waals surface area contributed by atoms with Crippen molar-refractivity contribution in [2.45, 2.75) is 37.5 Å². The third kappa shape index (κ3) is 5.36. The van der Waals surface area contributed by atoms with E-state index in [0.29, 0.717) is 18.2 Å². The van der Waals surface area contributed by atoms with E-state index in [1.807, 2.05) is 42.5 Å². The van der Waals surface area contributed by atoms with Gasteiger partial charge in [0.05, 0.1) is 0 Å². The molecule has 1 aliphatic carbocycles. The number of rotatable bonds is 7. The lowest BCUT2D eigenvalue weighted by Crippen LogP contribution is -2.51. The van der Waals surface area contributed by atoms with Crippen LogP contribution in [0, 0.1) is 0 Å². The minimum absolute atomic E-state index is 0.0189. The largest absolute Gasteiger partial charge is 0.492 e. The molecule has 0 aliphatic heterocycles. The van der Waals surface area contributed by atoms with Crippen LogP contribution in [0.5, 0.6) is 11.5 Å². The number of hydrogen-bond acceptors (Lipinski definition) is 4. The number of halogens is 1. The smallest absolute Gasteiger partial charge is 0.126 e. The van der Waals surface area contributed by atoms with Gasteiger partial charge in [0, 0.05) is 17.6 Å². The summed E-state index contributed by atoms with van der Waals surface area (Å²) in [6.45, 7) is 1.25.